The lowest BCUT2D eigenvalue weighted by molar-refractivity contribution is 0.0697. The summed E-state index contributed by atoms with van der Waals surface area (Å²) in [6, 6.07) is 8.67. The molecule has 0 unspecified atom stereocenters. The second-order valence-electron chi connectivity index (χ2n) is 4.22. The van der Waals surface area contributed by atoms with Gasteiger partial charge in [-0.05, 0) is 36.4 Å². The fourth-order valence-corrected chi connectivity index (χ4v) is 2.27. The molecule has 6 heteroatoms. The molecule has 1 N–H and O–H groups in total. The Kier molecular flexibility index (Phi) is 2.91. The quantitative estimate of drug-likeness (QED) is 0.785. The minimum Gasteiger partial charge on any atom is -0.478 e. The number of halogens is 2. The van der Waals surface area contributed by atoms with Gasteiger partial charge in [-0.15, -0.1) is 0 Å². The van der Waals surface area contributed by atoms with E-state index in [1.54, 1.807) is 16.7 Å². The molecule has 0 aliphatic heterocycles. The zero-order valence-corrected chi connectivity index (χ0v) is 10.8. The Hall–Kier alpha value is -2.40. The van der Waals surface area contributed by atoms with E-state index in [0.717, 1.165) is 0 Å². The molecule has 1 aromatic heterocycles. The summed E-state index contributed by atoms with van der Waals surface area (Å²) < 4.78 is 14.8. The summed E-state index contributed by atoms with van der Waals surface area (Å²) >= 11 is 6.02. The largest absolute Gasteiger partial charge is 0.478 e. The standard InChI is InChI=1S/C14H8ClFN2O2/c15-10-6-9(16)2-4-12(10)18-7-17-11-5-8(14(19)20)1-3-13(11)18/h1-7H,(H,19,20). The van der Waals surface area contributed by atoms with Crippen LogP contribution in [0, 0.1) is 5.82 Å². The number of nitrogens with zero attached hydrogens (tertiary/aromatic N) is 2. The molecule has 0 atom stereocenters. The topological polar surface area (TPSA) is 55.1 Å². The minimum absolute atomic E-state index is 0.160. The van der Waals surface area contributed by atoms with Gasteiger partial charge < -0.3 is 5.11 Å². The van der Waals surface area contributed by atoms with Gasteiger partial charge in [0.25, 0.3) is 0 Å². The summed E-state index contributed by atoms with van der Waals surface area (Å²) in [6.07, 6.45) is 1.52. The van der Waals surface area contributed by atoms with Gasteiger partial charge in [-0.2, -0.15) is 0 Å². The molecule has 0 aliphatic carbocycles. The Morgan fingerprint density at radius 1 is 1.25 bits per heavy atom. The summed E-state index contributed by atoms with van der Waals surface area (Å²) in [4.78, 5) is 15.1. The maximum atomic E-state index is 13.1. The van der Waals surface area contributed by atoms with Crippen molar-refractivity contribution in [2.75, 3.05) is 0 Å². The van der Waals surface area contributed by atoms with Gasteiger partial charge >= 0.3 is 5.97 Å². The lowest BCUT2D eigenvalue weighted by atomic mass is 10.2. The molecule has 0 saturated heterocycles. The highest BCUT2D eigenvalue weighted by Crippen LogP contribution is 2.25. The number of aromatic nitrogens is 2. The van der Waals surface area contributed by atoms with Gasteiger partial charge in [0.1, 0.15) is 12.1 Å². The van der Waals surface area contributed by atoms with Crippen LogP contribution in [0.4, 0.5) is 4.39 Å². The van der Waals surface area contributed by atoms with Crippen LogP contribution >= 0.6 is 11.6 Å². The molecular weight excluding hydrogens is 283 g/mol. The maximum absolute atomic E-state index is 13.1. The van der Waals surface area contributed by atoms with Crippen LogP contribution in [0.2, 0.25) is 5.02 Å². The third kappa shape index (κ3) is 2.02. The van der Waals surface area contributed by atoms with E-state index in [1.165, 1.54) is 30.6 Å². The lowest BCUT2D eigenvalue weighted by Gasteiger charge is -2.06. The first-order chi connectivity index (χ1) is 9.56. The van der Waals surface area contributed by atoms with E-state index in [9.17, 15) is 9.18 Å². The summed E-state index contributed by atoms with van der Waals surface area (Å²) in [5.41, 5.74) is 1.97. The molecular formula is C14H8ClFN2O2. The van der Waals surface area contributed by atoms with E-state index in [0.29, 0.717) is 16.7 Å². The summed E-state index contributed by atoms with van der Waals surface area (Å²) in [7, 11) is 0. The molecule has 3 rings (SSSR count). The number of carbonyl (C=O) groups is 1. The fraction of sp³-hybridized carbons (Fsp3) is 0. The molecule has 0 radical (unpaired) electrons. The number of imidazole rings is 1. The second-order valence-corrected chi connectivity index (χ2v) is 4.63. The van der Waals surface area contributed by atoms with Crippen molar-refractivity contribution in [1.82, 2.24) is 9.55 Å². The fourth-order valence-electron chi connectivity index (χ4n) is 2.01. The van der Waals surface area contributed by atoms with Crippen LogP contribution in [0.25, 0.3) is 16.7 Å². The van der Waals surface area contributed by atoms with Crippen molar-refractivity contribution in [2.45, 2.75) is 0 Å². The number of carboxylic acids is 1. The Labute approximate surface area is 118 Å². The number of fused-ring (bicyclic) bond motifs is 1. The first-order valence-electron chi connectivity index (χ1n) is 5.72. The number of rotatable bonds is 2. The molecule has 0 aliphatic rings. The minimum atomic E-state index is -1.01. The first kappa shape index (κ1) is 12.6. The van der Waals surface area contributed by atoms with Gasteiger partial charge in [0.05, 0.1) is 27.3 Å². The van der Waals surface area contributed by atoms with Crippen LogP contribution in [0.3, 0.4) is 0 Å². The van der Waals surface area contributed by atoms with Crippen molar-refractivity contribution in [2.24, 2.45) is 0 Å². The summed E-state index contributed by atoms with van der Waals surface area (Å²) in [6.45, 7) is 0. The number of benzene rings is 2. The molecule has 2 aromatic carbocycles. The Morgan fingerprint density at radius 2 is 2.05 bits per heavy atom. The van der Waals surface area contributed by atoms with E-state index < -0.39 is 11.8 Å². The van der Waals surface area contributed by atoms with Gasteiger partial charge in [0, 0.05) is 0 Å². The van der Waals surface area contributed by atoms with E-state index in [1.807, 2.05) is 0 Å². The smallest absolute Gasteiger partial charge is 0.335 e. The lowest BCUT2D eigenvalue weighted by Crippen LogP contribution is -1.97. The first-order valence-corrected chi connectivity index (χ1v) is 6.10. The van der Waals surface area contributed by atoms with Crippen LogP contribution in [0.5, 0.6) is 0 Å². The van der Waals surface area contributed by atoms with Crippen molar-refractivity contribution in [3.8, 4) is 5.69 Å². The number of aromatic carboxylic acids is 1. The zero-order chi connectivity index (χ0) is 14.3. The van der Waals surface area contributed by atoms with E-state index in [4.69, 9.17) is 16.7 Å². The van der Waals surface area contributed by atoms with Gasteiger partial charge in [-0.25, -0.2) is 14.2 Å². The molecule has 0 fully saturated rings. The van der Waals surface area contributed by atoms with E-state index >= 15 is 0 Å². The molecule has 3 aromatic rings. The Bertz CT molecular complexity index is 829. The van der Waals surface area contributed by atoms with Gasteiger partial charge in [-0.3, -0.25) is 4.57 Å². The molecule has 0 bridgehead atoms. The van der Waals surface area contributed by atoms with Crippen molar-refractivity contribution < 1.29 is 14.3 Å². The zero-order valence-electron chi connectivity index (χ0n) is 10.0. The molecule has 20 heavy (non-hydrogen) atoms. The Morgan fingerprint density at radius 3 is 2.75 bits per heavy atom. The molecule has 100 valence electrons. The summed E-state index contributed by atoms with van der Waals surface area (Å²) in [5.74, 6) is -1.43. The van der Waals surface area contributed by atoms with Crippen molar-refractivity contribution in [3.05, 3.63) is 59.1 Å². The molecule has 1 heterocycles. The van der Waals surface area contributed by atoms with Crippen LogP contribution < -0.4 is 0 Å². The third-order valence-electron chi connectivity index (χ3n) is 2.96. The van der Waals surface area contributed by atoms with E-state index in [2.05, 4.69) is 4.98 Å². The Balaban J connectivity index is 2.20. The number of hydrogen-bond acceptors (Lipinski definition) is 2. The van der Waals surface area contributed by atoms with Gasteiger partial charge in [-0.1, -0.05) is 11.6 Å². The van der Waals surface area contributed by atoms with Gasteiger partial charge in [0.2, 0.25) is 0 Å². The van der Waals surface area contributed by atoms with Crippen molar-refractivity contribution >= 4 is 28.6 Å². The monoisotopic (exact) mass is 290 g/mol. The predicted octanol–water partition coefficient (Wildman–Crippen LogP) is 3.52. The van der Waals surface area contributed by atoms with Crippen LogP contribution in [-0.2, 0) is 0 Å². The third-order valence-corrected chi connectivity index (χ3v) is 3.27. The molecule has 4 nitrogen and oxygen atoms in total. The summed E-state index contributed by atoms with van der Waals surface area (Å²) in [5, 5.41) is 9.20. The van der Waals surface area contributed by atoms with Gasteiger partial charge in [0.15, 0.2) is 0 Å². The van der Waals surface area contributed by atoms with Crippen molar-refractivity contribution in [1.29, 1.82) is 0 Å². The number of carboxylic acid groups (broad SMARTS) is 1. The predicted molar refractivity (Wildman–Crippen MR) is 73.0 cm³/mol. The average molecular weight is 291 g/mol. The highest BCUT2D eigenvalue weighted by molar-refractivity contribution is 6.32. The highest BCUT2D eigenvalue weighted by Gasteiger charge is 2.11. The maximum Gasteiger partial charge on any atom is 0.335 e. The average Bonchev–Trinajstić information content (AvgIpc) is 2.81. The SMILES string of the molecule is O=C(O)c1ccc2c(c1)ncn2-c1ccc(F)cc1Cl. The molecule has 0 amide bonds. The molecule has 0 saturated carbocycles. The van der Waals surface area contributed by atoms with E-state index in [-0.39, 0.29) is 10.6 Å². The second kappa shape index (κ2) is 4.61. The molecule has 0 spiro atoms. The number of hydrogen-bond donors (Lipinski definition) is 1. The van der Waals surface area contributed by atoms with Crippen LogP contribution in [-0.4, -0.2) is 20.6 Å². The van der Waals surface area contributed by atoms with Crippen molar-refractivity contribution in [3.63, 3.8) is 0 Å². The highest BCUT2D eigenvalue weighted by atomic mass is 35.5. The van der Waals surface area contributed by atoms with Crippen LogP contribution in [0.15, 0.2) is 42.7 Å². The van der Waals surface area contributed by atoms with Crippen LogP contribution in [0.1, 0.15) is 10.4 Å². The normalized spacial score (nSPS) is 10.9.